The third kappa shape index (κ3) is 5.04. The van der Waals surface area contributed by atoms with E-state index in [-0.39, 0.29) is 35.9 Å². The average Bonchev–Trinajstić information content (AvgIpc) is 3.32. The molecule has 0 aromatic carbocycles. The maximum absolute atomic E-state index is 12.0. The van der Waals surface area contributed by atoms with E-state index in [1.54, 1.807) is 0 Å². The van der Waals surface area contributed by atoms with Gasteiger partial charge in [-0.05, 0) is 92.1 Å². The molecule has 0 unspecified atom stereocenters. The number of allylic oxidation sites excluding steroid dienone is 3. The maximum atomic E-state index is 12.0. The number of aliphatic hydroxyl groups excluding tert-OH is 3. The van der Waals surface area contributed by atoms with Crippen molar-refractivity contribution in [1.82, 2.24) is 0 Å². The van der Waals surface area contributed by atoms with Crippen LogP contribution in [0.1, 0.15) is 78.6 Å². The first-order valence-electron chi connectivity index (χ1n) is 14.0. The molecule has 0 amide bonds. The highest BCUT2D eigenvalue weighted by Gasteiger charge is 2.51. The molecule has 3 N–H and O–H groups in total. The predicted octanol–water partition coefficient (Wildman–Crippen LogP) is 5.27. The minimum Gasteiger partial charge on any atom is -0.458 e. The molecular formula is C31H46O5. The number of esters is 1. The first kappa shape index (κ1) is 27.3. The molecule has 4 aliphatic rings. The zero-order valence-corrected chi connectivity index (χ0v) is 22.4. The topological polar surface area (TPSA) is 87.0 Å². The molecule has 3 saturated carbocycles. The number of hydrogen-bond donors (Lipinski definition) is 3. The van der Waals surface area contributed by atoms with Crippen molar-refractivity contribution in [3.05, 3.63) is 47.6 Å². The first-order valence-corrected chi connectivity index (χ1v) is 14.0. The van der Waals surface area contributed by atoms with Crippen LogP contribution in [0.4, 0.5) is 0 Å². The molecular weight excluding hydrogens is 452 g/mol. The molecule has 36 heavy (non-hydrogen) atoms. The molecule has 0 radical (unpaired) electrons. The lowest BCUT2D eigenvalue weighted by molar-refractivity contribution is -0.140. The van der Waals surface area contributed by atoms with Crippen LogP contribution in [0.5, 0.6) is 0 Å². The van der Waals surface area contributed by atoms with Crippen LogP contribution in [0.3, 0.4) is 0 Å². The zero-order valence-electron chi connectivity index (χ0n) is 22.4. The second-order valence-electron chi connectivity index (χ2n) is 12.3. The van der Waals surface area contributed by atoms with Crippen LogP contribution < -0.4 is 0 Å². The van der Waals surface area contributed by atoms with E-state index in [0.29, 0.717) is 48.2 Å². The van der Waals surface area contributed by atoms with E-state index < -0.39 is 12.2 Å². The predicted molar refractivity (Wildman–Crippen MR) is 142 cm³/mol. The van der Waals surface area contributed by atoms with Crippen molar-refractivity contribution >= 4 is 5.97 Å². The Kier molecular flexibility index (Phi) is 8.33. The van der Waals surface area contributed by atoms with Crippen LogP contribution >= 0.6 is 0 Å². The van der Waals surface area contributed by atoms with E-state index in [1.807, 2.05) is 0 Å². The molecule has 0 aromatic heterocycles. The van der Waals surface area contributed by atoms with Gasteiger partial charge in [0.1, 0.15) is 6.10 Å². The van der Waals surface area contributed by atoms with Crippen LogP contribution in [-0.4, -0.2) is 46.2 Å². The smallest absolute Gasteiger partial charge is 0.334 e. The third-order valence-electron chi connectivity index (χ3n) is 10.2. The zero-order chi connectivity index (χ0) is 26.2. The third-order valence-corrected chi connectivity index (χ3v) is 10.2. The van der Waals surface area contributed by atoms with Crippen LogP contribution in [0, 0.1) is 35.0 Å². The lowest BCUT2D eigenvalue weighted by atomic mass is 9.60. The molecule has 5 nitrogen and oxygen atoms in total. The summed E-state index contributed by atoms with van der Waals surface area (Å²) in [5, 5.41) is 30.6. The van der Waals surface area contributed by atoms with E-state index in [2.05, 4.69) is 46.1 Å². The van der Waals surface area contributed by atoms with Crippen LogP contribution in [0.2, 0.25) is 0 Å². The standard InChI is InChI=1S/C31H46O5/c1-18(16-28-19(2)20(3)30(35)36-28)25-12-13-26-22(8-6-14-31(25,26)5)10-11-23-17-27(33)24(9-7-15-32)29(34)21(23)4/h10-11,18-19,24-29,32-34H,3-4,6-9,12-17H2,1-2,5H3/t18-,19-,24+,25-,26+,27-,28+,29-,31-/m1/s1. The number of rotatable bonds is 7. The first-order chi connectivity index (χ1) is 17.1. The minimum absolute atomic E-state index is 0.0534. The summed E-state index contributed by atoms with van der Waals surface area (Å²) in [6.45, 7) is 15.0. The number of aliphatic hydroxyl groups is 3. The highest BCUT2D eigenvalue weighted by atomic mass is 16.6. The van der Waals surface area contributed by atoms with Crippen molar-refractivity contribution < 1.29 is 24.9 Å². The Labute approximate surface area is 217 Å². The van der Waals surface area contributed by atoms with Gasteiger partial charge in [0.05, 0.1) is 12.2 Å². The van der Waals surface area contributed by atoms with Crippen molar-refractivity contribution in [2.45, 2.75) is 96.9 Å². The SMILES string of the molecule is C=C1C(=O)O[C@@H](C[C@@H](C)[C@H]2CC[C@H]3C(=CC=C4C[C@@H](O)[C@H](CCCO)[C@H](O)C4=C)CCC[C@]23C)[C@@H]1C. The molecule has 1 saturated heterocycles. The summed E-state index contributed by atoms with van der Waals surface area (Å²) in [6, 6.07) is 0. The molecule has 4 rings (SSSR count). The quantitative estimate of drug-likeness (QED) is 0.329. The maximum Gasteiger partial charge on any atom is 0.334 e. The Morgan fingerprint density at radius 3 is 2.61 bits per heavy atom. The van der Waals surface area contributed by atoms with Gasteiger partial charge in [0.15, 0.2) is 0 Å². The largest absolute Gasteiger partial charge is 0.458 e. The average molecular weight is 499 g/mol. The molecule has 4 fully saturated rings. The fourth-order valence-corrected chi connectivity index (χ4v) is 7.95. The lowest BCUT2D eigenvalue weighted by Crippen LogP contribution is -2.38. The van der Waals surface area contributed by atoms with E-state index >= 15 is 0 Å². The van der Waals surface area contributed by atoms with E-state index in [4.69, 9.17) is 9.84 Å². The number of fused-ring (bicyclic) bond motifs is 1. The summed E-state index contributed by atoms with van der Waals surface area (Å²) in [6.07, 6.45) is 11.4. The highest BCUT2D eigenvalue weighted by molar-refractivity contribution is 5.90. The Morgan fingerprint density at radius 1 is 1.19 bits per heavy atom. The van der Waals surface area contributed by atoms with Gasteiger partial charge in [-0.2, -0.15) is 0 Å². The van der Waals surface area contributed by atoms with Gasteiger partial charge in [-0.3, -0.25) is 0 Å². The molecule has 200 valence electrons. The summed E-state index contributed by atoms with van der Waals surface area (Å²) in [5.74, 6) is 1.21. The van der Waals surface area contributed by atoms with Crippen molar-refractivity contribution in [1.29, 1.82) is 0 Å². The summed E-state index contributed by atoms with van der Waals surface area (Å²) >= 11 is 0. The number of cyclic esters (lactones) is 1. The number of hydrogen-bond acceptors (Lipinski definition) is 5. The summed E-state index contributed by atoms with van der Waals surface area (Å²) in [7, 11) is 0. The van der Waals surface area contributed by atoms with Gasteiger partial charge < -0.3 is 20.1 Å². The molecule has 3 aliphatic carbocycles. The van der Waals surface area contributed by atoms with E-state index in [9.17, 15) is 15.0 Å². The lowest BCUT2D eigenvalue weighted by Gasteiger charge is -2.44. The van der Waals surface area contributed by atoms with Gasteiger partial charge in [-0.25, -0.2) is 4.79 Å². The summed E-state index contributed by atoms with van der Waals surface area (Å²) in [4.78, 5) is 12.0. The van der Waals surface area contributed by atoms with E-state index in [1.165, 1.54) is 31.3 Å². The molecule has 5 heteroatoms. The van der Waals surface area contributed by atoms with Crippen LogP contribution in [0.15, 0.2) is 47.6 Å². The molecule has 9 atom stereocenters. The monoisotopic (exact) mass is 498 g/mol. The van der Waals surface area contributed by atoms with Gasteiger partial charge in [-0.15, -0.1) is 0 Å². The Morgan fingerprint density at radius 2 is 1.94 bits per heavy atom. The summed E-state index contributed by atoms with van der Waals surface area (Å²) in [5.41, 5.74) is 3.98. The van der Waals surface area contributed by atoms with Gasteiger partial charge >= 0.3 is 5.97 Å². The second kappa shape index (κ2) is 11.0. The normalized spacial score (nSPS) is 42.2. The van der Waals surface area contributed by atoms with Gasteiger partial charge in [-0.1, -0.05) is 51.7 Å². The van der Waals surface area contributed by atoms with Crippen molar-refractivity contribution in [2.75, 3.05) is 6.61 Å². The second-order valence-corrected chi connectivity index (χ2v) is 12.3. The van der Waals surface area contributed by atoms with Crippen LogP contribution in [0.25, 0.3) is 0 Å². The number of carbonyl (C=O) groups excluding carboxylic acids is 1. The van der Waals surface area contributed by atoms with Crippen LogP contribution in [-0.2, 0) is 9.53 Å². The molecule has 0 aromatic rings. The van der Waals surface area contributed by atoms with E-state index in [0.717, 1.165) is 18.4 Å². The molecule has 0 bridgehead atoms. The summed E-state index contributed by atoms with van der Waals surface area (Å²) < 4.78 is 5.65. The van der Waals surface area contributed by atoms with Gasteiger partial charge in [0, 0.05) is 24.0 Å². The van der Waals surface area contributed by atoms with Gasteiger partial charge in [0.25, 0.3) is 0 Å². The van der Waals surface area contributed by atoms with Crippen molar-refractivity contribution in [3.63, 3.8) is 0 Å². The fraction of sp³-hybridized carbons (Fsp3) is 0.710. The highest BCUT2D eigenvalue weighted by Crippen LogP contribution is 2.60. The Balaban J connectivity index is 1.46. The Hall–Kier alpha value is -1.69. The van der Waals surface area contributed by atoms with Crippen molar-refractivity contribution in [3.8, 4) is 0 Å². The Bertz CT molecular complexity index is 931. The fourth-order valence-electron chi connectivity index (χ4n) is 7.95. The molecule has 1 heterocycles. The van der Waals surface area contributed by atoms with Crippen molar-refractivity contribution in [2.24, 2.45) is 35.0 Å². The number of ether oxygens (including phenoxy) is 1. The minimum atomic E-state index is -0.763. The number of carbonyl (C=O) groups is 1. The van der Waals surface area contributed by atoms with Gasteiger partial charge in [0.2, 0.25) is 0 Å². The molecule has 1 aliphatic heterocycles. The molecule has 0 spiro atoms.